The molecule has 4 rings (SSSR count). The Morgan fingerprint density at radius 3 is 0.742 bits per heavy atom. The second kappa shape index (κ2) is 9.49. The molecule has 0 saturated heterocycles. The summed E-state index contributed by atoms with van der Waals surface area (Å²) in [5.41, 5.74) is 4.49. The summed E-state index contributed by atoms with van der Waals surface area (Å²) >= 11 is 0. The predicted molar refractivity (Wildman–Crippen MR) is 150 cm³/mol. The molecule has 0 N–H and O–H groups in total. The van der Waals surface area contributed by atoms with Crippen LogP contribution in [-0.4, -0.2) is 55.2 Å². The summed E-state index contributed by atoms with van der Waals surface area (Å²) in [6, 6.07) is 0. The summed E-state index contributed by atoms with van der Waals surface area (Å²) in [6.07, 6.45) is 31.3. The molecule has 4 fully saturated rings. The van der Waals surface area contributed by atoms with Gasteiger partial charge in [0.15, 0.2) is 0 Å². The van der Waals surface area contributed by atoms with Crippen molar-refractivity contribution in [3.63, 3.8) is 0 Å². The van der Waals surface area contributed by atoms with Gasteiger partial charge >= 0.3 is 197 Å². The number of rotatable bonds is 6. The van der Waals surface area contributed by atoms with Gasteiger partial charge in [-0.1, -0.05) is 0 Å². The van der Waals surface area contributed by atoms with Crippen LogP contribution in [0.5, 0.6) is 0 Å². The van der Waals surface area contributed by atoms with Gasteiger partial charge in [0.2, 0.25) is 0 Å². The van der Waals surface area contributed by atoms with Crippen LogP contribution in [0.25, 0.3) is 0 Å². The van der Waals surface area contributed by atoms with Crippen LogP contribution in [0.3, 0.4) is 0 Å². The molecule has 0 nitrogen and oxygen atoms in total. The van der Waals surface area contributed by atoms with Crippen LogP contribution >= 0.6 is 13.2 Å². The summed E-state index contributed by atoms with van der Waals surface area (Å²) in [5, 5.41) is 0. The molecule has 0 amide bonds. The fourth-order valence-corrected chi connectivity index (χ4v) is 34.6. The van der Waals surface area contributed by atoms with E-state index in [4.69, 9.17) is 0 Å². The maximum atomic E-state index is 3.03. The SMILES string of the molecule is CP(C)(CP(C)(C)(C1CCCCC1)C1CCCCC1)(C1CCCCC1)C1CCCCC1. The minimum absolute atomic E-state index is 1.12. The molecule has 2 heteroatoms. The van der Waals surface area contributed by atoms with E-state index < -0.39 is 13.2 Å². The van der Waals surface area contributed by atoms with Crippen LogP contribution < -0.4 is 0 Å². The zero-order chi connectivity index (χ0) is 22.1. The Morgan fingerprint density at radius 1 is 0.355 bits per heavy atom. The zero-order valence-electron chi connectivity index (χ0n) is 22.1. The average Bonchev–Trinajstić information content (AvgIpc) is 2.81. The average molecular weight is 469 g/mol. The van der Waals surface area contributed by atoms with Gasteiger partial charge in [-0.2, -0.15) is 0 Å². The first-order valence-corrected chi connectivity index (χ1v) is 21.6. The van der Waals surface area contributed by atoms with E-state index >= 15 is 0 Å². The van der Waals surface area contributed by atoms with E-state index in [1.807, 2.05) is 0 Å². The van der Waals surface area contributed by atoms with E-state index in [1.165, 1.54) is 25.7 Å². The van der Waals surface area contributed by atoms with Crippen molar-refractivity contribution in [1.82, 2.24) is 0 Å². The molecule has 184 valence electrons. The van der Waals surface area contributed by atoms with E-state index in [2.05, 4.69) is 26.7 Å². The number of hydrogen-bond acceptors (Lipinski definition) is 0. The van der Waals surface area contributed by atoms with Gasteiger partial charge in [-0.15, -0.1) is 0 Å². The molecule has 4 aliphatic carbocycles. The first-order valence-electron chi connectivity index (χ1n) is 14.7. The molecule has 0 bridgehead atoms. The van der Waals surface area contributed by atoms with Crippen molar-refractivity contribution >= 4 is 13.2 Å². The summed E-state index contributed by atoms with van der Waals surface area (Å²) in [4.78, 5) is 0. The van der Waals surface area contributed by atoms with Crippen molar-refractivity contribution in [2.24, 2.45) is 0 Å². The second-order valence-corrected chi connectivity index (χ2v) is 29.1. The molecular formula is C29H58P2. The molecule has 0 unspecified atom stereocenters. The first kappa shape index (κ1) is 25.0. The predicted octanol–water partition coefficient (Wildman–Crippen LogP) is 9.90. The van der Waals surface area contributed by atoms with Crippen LogP contribution in [-0.2, 0) is 0 Å². The molecule has 4 aliphatic rings. The summed E-state index contributed by atoms with van der Waals surface area (Å²) in [5.74, 6) is 1.78. The number of hydrogen-bond donors (Lipinski definition) is 0. The van der Waals surface area contributed by atoms with E-state index in [1.54, 1.807) is 109 Å². The zero-order valence-corrected chi connectivity index (χ0v) is 23.8. The Morgan fingerprint density at radius 2 is 0.548 bits per heavy atom. The molecule has 4 saturated carbocycles. The normalized spacial score (nSPS) is 29.7. The molecule has 0 aliphatic heterocycles. The van der Waals surface area contributed by atoms with Gasteiger partial charge in [-0.25, -0.2) is 0 Å². The van der Waals surface area contributed by atoms with Gasteiger partial charge in [-0.05, 0) is 0 Å². The van der Waals surface area contributed by atoms with E-state index in [0.29, 0.717) is 0 Å². The first-order chi connectivity index (χ1) is 14.7. The fraction of sp³-hybridized carbons (Fsp3) is 1.00. The Balaban J connectivity index is 1.76. The fourth-order valence-electron chi connectivity index (χ4n) is 10.2. The van der Waals surface area contributed by atoms with Crippen molar-refractivity contribution in [3.8, 4) is 0 Å². The summed E-state index contributed by atoms with van der Waals surface area (Å²) < 4.78 is 0. The standard InChI is InChI=1S/C29H58P2/c1-30(2,26-17-9-5-10-18-26,27-19-11-6-12-20-27)25-31(3,4,28-21-13-7-14-22-28)29-23-15-8-16-24-29/h26-29H,5-25H2,1-4H3. The molecule has 0 heterocycles. The van der Waals surface area contributed by atoms with Crippen LogP contribution in [0.15, 0.2) is 0 Å². The minimum atomic E-state index is -1.78. The molecule has 0 atom stereocenters. The molecule has 0 spiro atoms. The van der Waals surface area contributed by atoms with Crippen molar-refractivity contribution in [1.29, 1.82) is 0 Å². The van der Waals surface area contributed by atoms with Gasteiger partial charge < -0.3 is 0 Å². The van der Waals surface area contributed by atoms with Crippen molar-refractivity contribution in [2.45, 2.75) is 151 Å². The van der Waals surface area contributed by atoms with Crippen LogP contribution in [0, 0.1) is 0 Å². The Hall–Kier alpha value is 0.860. The third-order valence-electron chi connectivity index (χ3n) is 12.0. The van der Waals surface area contributed by atoms with Gasteiger partial charge in [0.1, 0.15) is 0 Å². The van der Waals surface area contributed by atoms with Crippen molar-refractivity contribution in [3.05, 3.63) is 0 Å². The van der Waals surface area contributed by atoms with Crippen molar-refractivity contribution in [2.75, 3.05) is 32.6 Å². The molecule has 0 aromatic rings. The topological polar surface area (TPSA) is 0 Å². The summed E-state index contributed by atoms with van der Waals surface area (Å²) in [6.45, 7) is 8.55. The Labute approximate surface area is 196 Å². The van der Waals surface area contributed by atoms with E-state index in [-0.39, 0.29) is 0 Å². The quantitative estimate of drug-likeness (QED) is 0.340. The van der Waals surface area contributed by atoms with Gasteiger partial charge in [0, 0.05) is 0 Å². The van der Waals surface area contributed by atoms with Gasteiger partial charge in [-0.3, -0.25) is 0 Å². The molecule has 31 heavy (non-hydrogen) atoms. The molecule has 0 aromatic heterocycles. The maximum absolute atomic E-state index is 3.03. The Kier molecular flexibility index (Phi) is 7.64. The Bertz CT molecular complexity index is 486. The molecule has 0 radical (unpaired) electrons. The third-order valence-corrected chi connectivity index (χ3v) is 30.8. The van der Waals surface area contributed by atoms with Crippen LogP contribution in [0.4, 0.5) is 0 Å². The van der Waals surface area contributed by atoms with Crippen molar-refractivity contribution < 1.29 is 0 Å². The molecule has 0 aromatic carbocycles. The van der Waals surface area contributed by atoms with E-state index in [9.17, 15) is 0 Å². The van der Waals surface area contributed by atoms with Crippen LogP contribution in [0.2, 0.25) is 0 Å². The third kappa shape index (κ3) is 4.84. The second-order valence-electron chi connectivity index (χ2n) is 14.6. The summed E-state index contributed by atoms with van der Waals surface area (Å²) in [7, 11) is 0. The van der Waals surface area contributed by atoms with E-state index in [0.717, 1.165) is 22.6 Å². The molecular weight excluding hydrogens is 410 g/mol. The monoisotopic (exact) mass is 468 g/mol. The van der Waals surface area contributed by atoms with Gasteiger partial charge in [0.25, 0.3) is 0 Å². The van der Waals surface area contributed by atoms with Crippen LogP contribution in [0.1, 0.15) is 128 Å². The van der Waals surface area contributed by atoms with Gasteiger partial charge in [0.05, 0.1) is 0 Å².